The molecule has 6 aromatic carbocycles. The van der Waals surface area contributed by atoms with Crippen LogP contribution in [0.15, 0.2) is 195 Å². The molecular formula is C52H42F6N2P2+4. The van der Waals surface area contributed by atoms with Gasteiger partial charge in [-0.25, -0.2) is 30.9 Å². The third-order valence-corrected chi connectivity index (χ3v) is 22.8. The Kier molecular flexibility index (Phi) is 10.7. The van der Waals surface area contributed by atoms with Crippen LogP contribution in [-0.4, -0.2) is 5.16 Å². The van der Waals surface area contributed by atoms with E-state index in [1.807, 2.05) is 36.1 Å². The lowest BCUT2D eigenvalue weighted by Gasteiger charge is -2.56. The third-order valence-electron chi connectivity index (χ3n) is 12.7. The summed E-state index contributed by atoms with van der Waals surface area (Å²) in [5, 5.41) is 3.20. The molecule has 0 spiro atoms. The van der Waals surface area contributed by atoms with Gasteiger partial charge in [-0.2, -0.15) is 4.57 Å². The molecule has 0 saturated heterocycles. The summed E-state index contributed by atoms with van der Waals surface area (Å²) in [4.78, 5) is 0. The first kappa shape index (κ1) is 41.4. The number of halogens is 6. The number of aryl methyl sites for hydroxylation is 1. The van der Waals surface area contributed by atoms with Gasteiger partial charge in [0.05, 0.1) is 12.8 Å². The van der Waals surface area contributed by atoms with Crippen LogP contribution in [0.4, 0.5) is 26.3 Å². The zero-order chi connectivity index (χ0) is 43.3. The quantitative estimate of drug-likeness (QED) is 0.0736. The highest BCUT2D eigenvalue weighted by Crippen LogP contribution is 2.83. The van der Waals surface area contributed by atoms with E-state index in [9.17, 15) is 13.2 Å². The molecule has 0 radical (unpaired) electrons. The van der Waals surface area contributed by atoms with Crippen LogP contribution in [0.25, 0.3) is 11.1 Å². The average molecular weight is 871 g/mol. The normalized spacial score (nSPS) is 17.7. The van der Waals surface area contributed by atoms with E-state index in [0.717, 1.165) is 43.0 Å². The molecule has 0 atom stereocenters. The molecule has 0 aliphatic heterocycles. The Morgan fingerprint density at radius 2 is 0.597 bits per heavy atom. The lowest BCUT2D eigenvalue weighted by Crippen LogP contribution is -2.74. The number of benzene rings is 6. The van der Waals surface area contributed by atoms with Crippen LogP contribution in [0.3, 0.4) is 0 Å². The molecule has 9 rings (SSSR count). The molecule has 2 aromatic heterocycles. The monoisotopic (exact) mass is 870 g/mol. The van der Waals surface area contributed by atoms with Gasteiger partial charge in [-0.05, 0) is 164 Å². The van der Waals surface area contributed by atoms with Crippen molar-refractivity contribution >= 4 is 46.4 Å². The third kappa shape index (κ3) is 6.76. The first-order valence-corrected chi connectivity index (χ1v) is 23.8. The smallest absolute Gasteiger partial charge is 0.208 e. The molecule has 8 aromatic rings. The van der Waals surface area contributed by atoms with Gasteiger partial charge in [0.15, 0.2) is 32.0 Å². The lowest BCUT2D eigenvalue weighted by molar-refractivity contribution is -0.753. The van der Waals surface area contributed by atoms with E-state index in [1.54, 1.807) is 72.8 Å². The number of hydrogen-bond donors (Lipinski definition) is 0. The maximum Gasteiger partial charge on any atom is 0.287 e. The number of pyridine rings is 2. The first-order chi connectivity index (χ1) is 29.9. The highest BCUT2D eigenvalue weighted by Gasteiger charge is 2.84. The SMILES string of the molecule is C[n+]1ccc(-c2cc[n+](C3([P+](c4ccc(F)cc4)(c4ccc(F)cc4)c4ccc(F)cc4)CC(C)([P+](c4ccc(F)cc4)(c4ccc(F)cc4)c4ccc(F)cc4)C3)cc2)cc1. The average Bonchev–Trinajstić information content (AvgIpc) is 3.27. The minimum atomic E-state index is -3.21. The van der Waals surface area contributed by atoms with Gasteiger partial charge in [0, 0.05) is 24.3 Å². The van der Waals surface area contributed by atoms with Gasteiger partial charge in [0.1, 0.15) is 86.2 Å². The summed E-state index contributed by atoms with van der Waals surface area (Å²) >= 11 is 0. The molecule has 0 bridgehead atoms. The van der Waals surface area contributed by atoms with Crippen LogP contribution in [0, 0.1) is 34.9 Å². The molecule has 1 aliphatic carbocycles. The maximum atomic E-state index is 15.1. The van der Waals surface area contributed by atoms with E-state index in [2.05, 4.69) is 36.0 Å². The van der Waals surface area contributed by atoms with Crippen LogP contribution in [0.1, 0.15) is 19.8 Å². The van der Waals surface area contributed by atoms with Crippen molar-refractivity contribution in [2.45, 2.75) is 30.2 Å². The second kappa shape index (κ2) is 16.1. The van der Waals surface area contributed by atoms with Crippen LogP contribution in [0.2, 0.25) is 0 Å². The fourth-order valence-electron chi connectivity index (χ4n) is 10.1. The highest BCUT2D eigenvalue weighted by molar-refractivity contribution is 7.98. The summed E-state index contributed by atoms with van der Waals surface area (Å²) in [5.74, 6) is -2.56. The Morgan fingerprint density at radius 3 is 0.871 bits per heavy atom. The predicted molar refractivity (Wildman–Crippen MR) is 239 cm³/mol. The first-order valence-electron chi connectivity index (χ1n) is 20.2. The van der Waals surface area contributed by atoms with Gasteiger partial charge in [-0.15, -0.1) is 0 Å². The van der Waals surface area contributed by atoms with Crippen LogP contribution < -0.4 is 41.0 Å². The van der Waals surface area contributed by atoms with Crippen molar-refractivity contribution in [3.05, 3.63) is 230 Å². The zero-order valence-electron chi connectivity index (χ0n) is 33.9. The summed E-state index contributed by atoms with van der Waals surface area (Å²) in [5.41, 5.74) is 1.98. The topological polar surface area (TPSA) is 7.76 Å². The van der Waals surface area contributed by atoms with E-state index in [0.29, 0.717) is 12.8 Å². The molecule has 1 fully saturated rings. The minimum absolute atomic E-state index is 0.421. The molecular weight excluding hydrogens is 829 g/mol. The Labute approximate surface area is 358 Å². The van der Waals surface area contributed by atoms with E-state index >= 15 is 13.2 Å². The number of rotatable bonds is 10. The summed E-state index contributed by atoms with van der Waals surface area (Å²) in [6.07, 6.45) is 8.91. The molecule has 2 heterocycles. The van der Waals surface area contributed by atoms with Crippen molar-refractivity contribution in [1.29, 1.82) is 0 Å². The largest absolute Gasteiger partial charge is 0.287 e. The standard InChI is InChI=1S/C52H42F6N2P2/c1-51(61(45-15-3-39(53)4-16-45,46-17-5-40(54)6-18-46)47-19-7-41(55)8-20-47)35-52(36-51,60-33-29-38(30-34-60)37-27-31-59(2)32-28-37)62(48-21-9-42(56)10-22-48,49-23-11-43(57)12-24-49)50-25-13-44(58)14-26-50/h3-34H,35-36H2,1-2H3/q+4. The summed E-state index contributed by atoms with van der Waals surface area (Å²) in [6, 6.07) is 46.7. The number of hydrogen-bond acceptors (Lipinski definition) is 0. The van der Waals surface area contributed by atoms with Gasteiger partial charge in [0.25, 0.3) is 5.28 Å². The number of nitrogens with zero attached hydrogens (tertiary/aromatic N) is 2. The lowest BCUT2D eigenvalue weighted by atomic mass is 9.79. The minimum Gasteiger partial charge on any atom is -0.208 e. The van der Waals surface area contributed by atoms with Crippen molar-refractivity contribution in [1.82, 2.24) is 0 Å². The summed E-state index contributed by atoms with van der Waals surface area (Å²) < 4.78 is 94.3. The van der Waals surface area contributed by atoms with E-state index in [4.69, 9.17) is 0 Å². The zero-order valence-corrected chi connectivity index (χ0v) is 35.7. The Balaban J connectivity index is 1.39. The second-order valence-electron chi connectivity index (χ2n) is 16.3. The van der Waals surface area contributed by atoms with E-state index < -0.39 is 59.9 Å². The van der Waals surface area contributed by atoms with Gasteiger partial charge >= 0.3 is 0 Å². The van der Waals surface area contributed by atoms with Crippen molar-refractivity contribution in [3.8, 4) is 11.1 Å². The molecule has 62 heavy (non-hydrogen) atoms. The molecule has 0 amide bonds. The van der Waals surface area contributed by atoms with E-state index in [1.165, 1.54) is 72.8 Å². The predicted octanol–water partition coefficient (Wildman–Crippen LogP) is 9.49. The fourth-order valence-corrected chi connectivity index (χ4v) is 21.7. The van der Waals surface area contributed by atoms with Gasteiger partial charge in [-0.1, -0.05) is 0 Å². The van der Waals surface area contributed by atoms with Crippen LogP contribution in [0.5, 0.6) is 0 Å². The second-order valence-corrected chi connectivity index (χ2v) is 24.0. The Morgan fingerprint density at radius 1 is 0.355 bits per heavy atom. The molecule has 0 N–H and O–H groups in total. The van der Waals surface area contributed by atoms with Crippen molar-refractivity contribution < 1.29 is 35.5 Å². The molecule has 0 unspecified atom stereocenters. The van der Waals surface area contributed by atoms with E-state index in [-0.39, 0.29) is 0 Å². The van der Waals surface area contributed by atoms with Crippen LogP contribution in [-0.2, 0) is 12.3 Å². The highest BCUT2D eigenvalue weighted by atomic mass is 31.2. The summed E-state index contributed by atoms with van der Waals surface area (Å²) in [6.45, 7) is 2.20. The van der Waals surface area contributed by atoms with Gasteiger partial charge in [-0.3, -0.25) is 0 Å². The van der Waals surface area contributed by atoms with Crippen LogP contribution >= 0.6 is 14.5 Å². The Bertz CT molecular complexity index is 2610. The number of aromatic nitrogens is 2. The molecule has 308 valence electrons. The molecule has 1 saturated carbocycles. The molecule has 10 heteroatoms. The van der Waals surface area contributed by atoms with Gasteiger partial charge < -0.3 is 0 Å². The van der Waals surface area contributed by atoms with Gasteiger partial charge in [0.2, 0.25) is 0 Å². The Hall–Kier alpha value is -5.94. The maximum absolute atomic E-state index is 15.1. The van der Waals surface area contributed by atoms with Crippen molar-refractivity contribution in [2.75, 3.05) is 0 Å². The summed E-state index contributed by atoms with van der Waals surface area (Å²) in [7, 11) is -4.30. The van der Waals surface area contributed by atoms with Crippen molar-refractivity contribution in [2.24, 2.45) is 7.05 Å². The fraction of sp³-hybridized carbons (Fsp3) is 0.115. The van der Waals surface area contributed by atoms with Crippen molar-refractivity contribution in [3.63, 3.8) is 0 Å². The molecule has 2 nitrogen and oxygen atoms in total. The molecule has 1 aliphatic rings.